The number of oxazole rings is 1. The van der Waals surface area contributed by atoms with Crippen molar-refractivity contribution in [3.05, 3.63) is 24.1 Å². The smallest absolute Gasteiger partial charge is 0.209 e. The average Bonchev–Trinajstić information content (AvgIpc) is 2.89. The molecule has 6 nitrogen and oxygen atoms in total. The van der Waals surface area contributed by atoms with Crippen LogP contribution >= 0.6 is 0 Å². The van der Waals surface area contributed by atoms with E-state index in [1.54, 1.807) is 14.2 Å². The molecule has 0 bridgehead atoms. The molecule has 0 radical (unpaired) electrons. The van der Waals surface area contributed by atoms with Gasteiger partial charge in [-0.1, -0.05) is 6.07 Å². The highest BCUT2D eigenvalue weighted by Crippen LogP contribution is 2.21. The van der Waals surface area contributed by atoms with Crippen molar-refractivity contribution in [2.24, 2.45) is 0 Å². The summed E-state index contributed by atoms with van der Waals surface area (Å²) in [6.07, 6.45) is 0.961. The van der Waals surface area contributed by atoms with Crippen molar-refractivity contribution in [2.75, 3.05) is 46.3 Å². The molecule has 6 heteroatoms. The van der Waals surface area contributed by atoms with Crippen molar-refractivity contribution in [1.82, 2.24) is 9.88 Å². The van der Waals surface area contributed by atoms with Crippen molar-refractivity contribution >= 4 is 16.8 Å². The standard InChI is InChI=1S/C15H23N3O3/c1-19-9-4-7-18(8-10-20-2)11-14-17-15-12(16)5-3-6-13(15)21-14/h3,5-6H,4,7-11,16H2,1-2H3. The van der Waals surface area contributed by atoms with E-state index >= 15 is 0 Å². The Morgan fingerprint density at radius 3 is 2.71 bits per heavy atom. The number of benzene rings is 1. The van der Waals surface area contributed by atoms with Crippen LogP contribution in [0.2, 0.25) is 0 Å². The second-order valence-corrected chi connectivity index (χ2v) is 4.92. The third kappa shape index (κ3) is 4.42. The van der Waals surface area contributed by atoms with Gasteiger partial charge in [-0.2, -0.15) is 0 Å². The van der Waals surface area contributed by atoms with Crippen LogP contribution < -0.4 is 5.73 Å². The molecule has 1 aromatic heterocycles. The summed E-state index contributed by atoms with van der Waals surface area (Å²) in [5.74, 6) is 0.677. The topological polar surface area (TPSA) is 73.8 Å². The van der Waals surface area contributed by atoms with Gasteiger partial charge >= 0.3 is 0 Å². The van der Waals surface area contributed by atoms with Crippen molar-refractivity contribution < 1.29 is 13.9 Å². The molecule has 0 saturated heterocycles. The molecule has 2 aromatic rings. The lowest BCUT2D eigenvalue weighted by Crippen LogP contribution is -2.28. The van der Waals surface area contributed by atoms with Crippen LogP contribution in [0.15, 0.2) is 22.6 Å². The van der Waals surface area contributed by atoms with Gasteiger partial charge < -0.3 is 19.6 Å². The fourth-order valence-electron chi connectivity index (χ4n) is 2.20. The molecule has 0 aliphatic carbocycles. The van der Waals surface area contributed by atoms with E-state index in [-0.39, 0.29) is 0 Å². The highest BCUT2D eigenvalue weighted by Gasteiger charge is 2.12. The molecule has 0 aliphatic rings. The molecule has 116 valence electrons. The summed E-state index contributed by atoms with van der Waals surface area (Å²) in [4.78, 5) is 6.72. The number of para-hydroxylation sites is 1. The highest BCUT2D eigenvalue weighted by atomic mass is 16.5. The van der Waals surface area contributed by atoms with Crippen LogP contribution in [0.5, 0.6) is 0 Å². The lowest BCUT2D eigenvalue weighted by molar-refractivity contribution is 0.124. The quantitative estimate of drug-likeness (QED) is 0.562. The van der Waals surface area contributed by atoms with Crippen molar-refractivity contribution in [1.29, 1.82) is 0 Å². The monoisotopic (exact) mass is 293 g/mol. The molecule has 0 atom stereocenters. The number of fused-ring (bicyclic) bond motifs is 1. The van der Waals surface area contributed by atoms with E-state index in [4.69, 9.17) is 19.6 Å². The summed E-state index contributed by atoms with van der Waals surface area (Å²) >= 11 is 0. The second-order valence-electron chi connectivity index (χ2n) is 4.92. The molecule has 0 fully saturated rings. The number of anilines is 1. The fourth-order valence-corrected chi connectivity index (χ4v) is 2.20. The number of aromatic nitrogens is 1. The molecule has 0 aliphatic heterocycles. The van der Waals surface area contributed by atoms with Crippen LogP contribution in [0.25, 0.3) is 11.1 Å². The Kier molecular flexibility index (Phi) is 5.98. The fraction of sp³-hybridized carbons (Fsp3) is 0.533. The zero-order valence-corrected chi connectivity index (χ0v) is 12.7. The first-order valence-electron chi connectivity index (χ1n) is 7.08. The maximum atomic E-state index is 5.91. The van der Waals surface area contributed by atoms with Crippen molar-refractivity contribution in [3.8, 4) is 0 Å². The van der Waals surface area contributed by atoms with Crippen LogP contribution in [0.3, 0.4) is 0 Å². The summed E-state index contributed by atoms with van der Waals surface area (Å²) in [5.41, 5.74) is 8.01. The normalized spacial score (nSPS) is 11.6. The Bertz CT molecular complexity index is 556. The van der Waals surface area contributed by atoms with Gasteiger partial charge in [-0.25, -0.2) is 4.98 Å². The van der Waals surface area contributed by atoms with Crippen LogP contribution in [0, 0.1) is 0 Å². The van der Waals surface area contributed by atoms with Gasteiger partial charge in [-0.15, -0.1) is 0 Å². The Hall–Kier alpha value is -1.63. The predicted octanol–water partition coefficient (Wildman–Crippen LogP) is 1.89. The molecule has 0 saturated carbocycles. The number of hydrogen-bond donors (Lipinski definition) is 1. The van der Waals surface area contributed by atoms with E-state index in [9.17, 15) is 0 Å². The maximum absolute atomic E-state index is 5.91. The van der Waals surface area contributed by atoms with E-state index in [1.807, 2.05) is 18.2 Å². The molecule has 2 N–H and O–H groups in total. The first-order chi connectivity index (χ1) is 10.2. The zero-order valence-electron chi connectivity index (χ0n) is 12.7. The summed E-state index contributed by atoms with van der Waals surface area (Å²) in [6, 6.07) is 5.58. The molecular formula is C15H23N3O3. The van der Waals surface area contributed by atoms with Gasteiger partial charge in [-0.3, -0.25) is 4.90 Å². The first-order valence-corrected chi connectivity index (χ1v) is 7.08. The second kappa shape index (κ2) is 7.97. The minimum atomic E-state index is 0.640. The summed E-state index contributed by atoms with van der Waals surface area (Å²) in [7, 11) is 3.41. The zero-order chi connectivity index (χ0) is 15.1. The number of rotatable bonds is 9. The van der Waals surface area contributed by atoms with E-state index in [0.29, 0.717) is 24.7 Å². The lowest BCUT2D eigenvalue weighted by Gasteiger charge is -2.19. The number of hydrogen-bond acceptors (Lipinski definition) is 6. The number of nitrogens with zero attached hydrogens (tertiary/aromatic N) is 2. The van der Waals surface area contributed by atoms with E-state index in [2.05, 4.69) is 9.88 Å². The van der Waals surface area contributed by atoms with Crippen LogP contribution in [0.1, 0.15) is 12.3 Å². The molecule has 2 rings (SSSR count). The molecule has 1 heterocycles. The lowest BCUT2D eigenvalue weighted by atomic mass is 10.3. The first kappa shape index (κ1) is 15.8. The summed E-state index contributed by atoms with van der Waals surface area (Å²) in [5, 5.41) is 0. The van der Waals surface area contributed by atoms with Gasteiger partial charge in [0.15, 0.2) is 5.58 Å². The van der Waals surface area contributed by atoms with E-state index in [0.717, 1.165) is 37.2 Å². The number of nitrogen functional groups attached to an aromatic ring is 1. The van der Waals surface area contributed by atoms with Gasteiger partial charge in [0.25, 0.3) is 0 Å². The SMILES string of the molecule is COCCCN(CCOC)Cc1nc2c(N)cccc2o1. The minimum absolute atomic E-state index is 0.640. The third-order valence-corrected chi connectivity index (χ3v) is 3.29. The van der Waals surface area contributed by atoms with Gasteiger partial charge in [-0.05, 0) is 18.6 Å². The number of ether oxygens (including phenoxy) is 2. The van der Waals surface area contributed by atoms with Crippen LogP contribution in [0.4, 0.5) is 5.69 Å². The average molecular weight is 293 g/mol. The van der Waals surface area contributed by atoms with Gasteiger partial charge in [0.1, 0.15) is 5.52 Å². The van der Waals surface area contributed by atoms with Crippen LogP contribution in [-0.2, 0) is 16.0 Å². The highest BCUT2D eigenvalue weighted by molar-refractivity contribution is 5.85. The van der Waals surface area contributed by atoms with Gasteiger partial charge in [0.2, 0.25) is 5.89 Å². The Morgan fingerprint density at radius 1 is 1.19 bits per heavy atom. The maximum Gasteiger partial charge on any atom is 0.209 e. The Morgan fingerprint density at radius 2 is 2.00 bits per heavy atom. The number of nitrogens with two attached hydrogens (primary N) is 1. The molecule has 0 spiro atoms. The molecular weight excluding hydrogens is 270 g/mol. The minimum Gasteiger partial charge on any atom is -0.439 e. The predicted molar refractivity (Wildman–Crippen MR) is 82.1 cm³/mol. The summed E-state index contributed by atoms with van der Waals surface area (Å²) < 4.78 is 16.0. The van der Waals surface area contributed by atoms with Crippen LogP contribution in [-0.4, -0.2) is 50.4 Å². The van der Waals surface area contributed by atoms with Gasteiger partial charge in [0, 0.05) is 33.9 Å². The van der Waals surface area contributed by atoms with E-state index < -0.39 is 0 Å². The largest absolute Gasteiger partial charge is 0.439 e. The molecule has 1 aromatic carbocycles. The summed E-state index contributed by atoms with van der Waals surface area (Å²) in [6.45, 7) is 3.79. The Balaban J connectivity index is 2.04. The molecule has 0 unspecified atom stereocenters. The van der Waals surface area contributed by atoms with E-state index in [1.165, 1.54) is 0 Å². The number of methoxy groups -OCH3 is 2. The van der Waals surface area contributed by atoms with Crippen molar-refractivity contribution in [2.45, 2.75) is 13.0 Å². The Labute approximate surface area is 124 Å². The molecule has 0 amide bonds. The van der Waals surface area contributed by atoms with Gasteiger partial charge in [0.05, 0.1) is 18.8 Å². The third-order valence-electron chi connectivity index (χ3n) is 3.29. The molecule has 21 heavy (non-hydrogen) atoms. The van der Waals surface area contributed by atoms with Crippen molar-refractivity contribution in [3.63, 3.8) is 0 Å².